The van der Waals surface area contributed by atoms with E-state index in [1.807, 2.05) is 0 Å². The second-order valence-electron chi connectivity index (χ2n) is 16.1. The van der Waals surface area contributed by atoms with Crippen molar-refractivity contribution in [2.24, 2.45) is 16.7 Å². The van der Waals surface area contributed by atoms with Gasteiger partial charge in [-0.3, -0.25) is 0 Å². The fraction of sp³-hybridized carbons (Fsp3) is 0.806. The Kier molecular flexibility index (Phi) is 9.05. The van der Waals surface area contributed by atoms with Gasteiger partial charge in [0, 0.05) is 11.5 Å². The van der Waals surface area contributed by atoms with Crippen molar-refractivity contribution in [2.75, 3.05) is 0 Å². The summed E-state index contributed by atoms with van der Waals surface area (Å²) in [6.45, 7) is 7.41. The van der Waals surface area contributed by atoms with E-state index in [-0.39, 0.29) is 17.3 Å². The van der Waals surface area contributed by atoms with Crippen LogP contribution in [0.15, 0.2) is 39.3 Å². The van der Waals surface area contributed by atoms with Crippen LogP contribution in [0.2, 0.25) is 0 Å². The smallest absolute Gasteiger partial charge is 0.335 e. The number of rotatable bonds is 5. The van der Waals surface area contributed by atoms with Crippen molar-refractivity contribution in [3.63, 3.8) is 0 Å². The van der Waals surface area contributed by atoms with Gasteiger partial charge in [0.2, 0.25) is 0 Å². The van der Waals surface area contributed by atoms with Gasteiger partial charge in [0.1, 0.15) is 36.6 Å². The van der Waals surface area contributed by atoms with Gasteiger partial charge in [-0.15, -0.1) is 0 Å². The minimum absolute atomic E-state index is 0.0475. The Morgan fingerprint density at radius 2 is 1.47 bits per heavy atom. The highest BCUT2D eigenvalue weighted by Gasteiger charge is 2.73. The van der Waals surface area contributed by atoms with Gasteiger partial charge in [0.25, 0.3) is 0 Å². The molecule has 13 nitrogen and oxygen atoms in total. The zero-order valence-electron chi connectivity index (χ0n) is 28.6. The lowest BCUT2D eigenvalue weighted by Gasteiger charge is -2.65. The standard InChI is InChI=1S/C36H52O13/c1-17-25(38)26(39)28(41)32(46-17)49-30-18(2)47-31(29(42)27(30)40)48-21-8-11-33(3)20(15-21)7-13-35(43)23(33)10-12-34(4)22(9-14-36(34,35)44)19-5-6-24(37)45-16-19/h5-6,15-18,21-23,25-32,38-44H,7-14H2,1-4H3/t17-,18-,21+,22+,23-,25-,26-,27-,28+,29-,30-,31+,32+,33+,34+,35-,36-/m0/s1. The summed E-state index contributed by atoms with van der Waals surface area (Å²) in [5.74, 6) is -0.226. The van der Waals surface area contributed by atoms with E-state index >= 15 is 0 Å². The Hall–Kier alpha value is -1.75. The van der Waals surface area contributed by atoms with Crippen LogP contribution in [-0.4, -0.2) is 114 Å². The third-order valence-corrected chi connectivity index (χ3v) is 13.7. The predicted octanol–water partition coefficient (Wildman–Crippen LogP) is 0.980. The maximum absolute atomic E-state index is 12.6. The zero-order valence-corrected chi connectivity index (χ0v) is 28.6. The average molecular weight is 693 g/mol. The highest BCUT2D eigenvalue weighted by molar-refractivity contribution is 5.35. The average Bonchev–Trinajstić information content (AvgIpc) is 3.35. The number of ether oxygens (including phenoxy) is 4. The monoisotopic (exact) mass is 692 g/mol. The SMILES string of the molecule is C[C@@H]1O[C@H](O[C@@H]2[C@@H](O)[C@H](O)[C@@H](O[C@H]3C=C4CC[C@]5(O)[C@@H](CC[C@]6(C)[C@@H](c7ccc(=O)oc7)CC[C@]65O)[C@]4(C)CC3)O[C@H]2C)[C@H](O)[C@@H](O)[C@H]1O. The Balaban J connectivity index is 1.04. The summed E-state index contributed by atoms with van der Waals surface area (Å²) >= 11 is 0. The third kappa shape index (κ3) is 5.34. The molecule has 49 heavy (non-hydrogen) atoms. The summed E-state index contributed by atoms with van der Waals surface area (Å²) in [4.78, 5) is 11.6. The lowest BCUT2D eigenvalue weighted by Crippen LogP contribution is -2.71. The van der Waals surface area contributed by atoms with Crippen LogP contribution in [0.4, 0.5) is 0 Å². The van der Waals surface area contributed by atoms with E-state index in [0.717, 1.165) is 17.6 Å². The van der Waals surface area contributed by atoms with Crippen molar-refractivity contribution in [1.29, 1.82) is 0 Å². The number of allylic oxidation sites excluding steroid dienone is 1. The first-order valence-corrected chi connectivity index (χ1v) is 17.8. The molecule has 5 fully saturated rings. The molecule has 0 aromatic carbocycles. The molecule has 2 aliphatic heterocycles. The molecular weight excluding hydrogens is 640 g/mol. The van der Waals surface area contributed by atoms with Crippen LogP contribution in [-0.2, 0) is 18.9 Å². The minimum Gasteiger partial charge on any atom is -0.431 e. The maximum Gasteiger partial charge on any atom is 0.335 e. The lowest BCUT2D eigenvalue weighted by molar-refractivity contribution is -0.355. The Morgan fingerprint density at radius 1 is 0.776 bits per heavy atom. The predicted molar refractivity (Wildman–Crippen MR) is 171 cm³/mol. The largest absolute Gasteiger partial charge is 0.431 e. The fourth-order valence-corrected chi connectivity index (χ4v) is 10.7. The molecule has 6 aliphatic rings. The molecule has 1 aromatic rings. The molecule has 7 rings (SSSR count). The maximum atomic E-state index is 12.6. The Bertz CT molecular complexity index is 1460. The molecule has 0 radical (unpaired) electrons. The highest BCUT2D eigenvalue weighted by Crippen LogP contribution is 2.71. The second-order valence-corrected chi connectivity index (χ2v) is 16.1. The van der Waals surface area contributed by atoms with Gasteiger partial charge < -0.3 is 59.1 Å². The first kappa shape index (κ1) is 35.6. The van der Waals surface area contributed by atoms with E-state index < -0.39 is 89.8 Å². The quantitative estimate of drug-likeness (QED) is 0.215. The van der Waals surface area contributed by atoms with Crippen LogP contribution in [0.25, 0.3) is 0 Å². The summed E-state index contributed by atoms with van der Waals surface area (Å²) in [7, 11) is 0. The Morgan fingerprint density at radius 3 is 2.18 bits per heavy atom. The van der Waals surface area contributed by atoms with Gasteiger partial charge in [0.05, 0.1) is 35.8 Å². The molecule has 2 saturated heterocycles. The van der Waals surface area contributed by atoms with Gasteiger partial charge in [-0.1, -0.05) is 25.5 Å². The van der Waals surface area contributed by atoms with Crippen molar-refractivity contribution in [2.45, 2.75) is 164 Å². The van der Waals surface area contributed by atoms with E-state index in [1.165, 1.54) is 19.3 Å². The van der Waals surface area contributed by atoms with E-state index in [9.17, 15) is 40.5 Å². The summed E-state index contributed by atoms with van der Waals surface area (Å²) in [6.07, 6.45) is -4.69. The first-order valence-electron chi connectivity index (χ1n) is 17.8. The molecule has 3 saturated carbocycles. The first-order chi connectivity index (χ1) is 23.0. The summed E-state index contributed by atoms with van der Waals surface area (Å²) in [5.41, 5.74) is -1.99. The van der Waals surface area contributed by atoms with E-state index in [2.05, 4.69) is 19.9 Å². The summed E-state index contributed by atoms with van der Waals surface area (Å²) in [6, 6.07) is 3.19. The van der Waals surface area contributed by atoms with Gasteiger partial charge in [-0.2, -0.15) is 0 Å². The van der Waals surface area contributed by atoms with E-state index in [1.54, 1.807) is 13.0 Å². The fourth-order valence-electron chi connectivity index (χ4n) is 10.7. The topological polar surface area (TPSA) is 209 Å². The van der Waals surface area contributed by atoms with Crippen LogP contribution in [0.5, 0.6) is 0 Å². The van der Waals surface area contributed by atoms with Crippen molar-refractivity contribution in [3.05, 3.63) is 46.0 Å². The van der Waals surface area contributed by atoms with Gasteiger partial charge in [-0.05, 0) is 94.1 Å². The Labute approximate surface area is 285 Å². The molecule has 274 valence electrons. The van der Waals surface area contributed by atoms with Crippen molar-refractivity contribution < 1.29 is 59.1 Å². The zero-order chi connectivity index (χ0) is 35.3. The molecule has 17 atom stereocenters. The summed E-state index contributed by atoms with van der Waals surface area (Å²) < 4.78 is 28.7. The lowest BCUT2D eigenvalue weighted by atomic mass is 9.43. The van der Waals surface area contributed by atoms with Crippen LogP contribution in [0.3, 0.4) is 0 Å². The van der Waals surface area contributed by atoms with Crippen LogP contribution < -0.4 is 5.63 Å². The molecule has 0 amide bonds. The van der Waals surface area contributed by atoms with Crippen LogP contribution in [0.1, 0.15) is 90.5 Å². The molecule has 0 spiro atoms. The van der Waals surface area contributed by atoms with E-state index in [4.69, 9.17) is 23.4 Å². The third-order valence-electron chi connectivity index (χ3n) is 13.7. The van der Waals surface area contributed by atoms with E-state index in [0.29, 0.717) is 44.9 Å². The molecule has 7 N–H and O–H groups in total. The number of hydrogen-bond acceptors (Lipinski definition) is 13. The summed E-state index contributed by atoms with van der Waals surface area (Å²) in [5, 5.41) is 77.8. The molecule has 3 heterocycles. The molecule has 4 aliphatic carbocycles. The van der Waals surface area contributed by atoms with Gasteiger partial charge in [0.15, 0.2) is 12.6 Å². The molecule has 13 heteroatoms. The van der Waals surface area contributed by atoms with Crippen LogP contribution in [0, 0.1) is 16.7 Å². The number of hydrogen-bond donors (Lipinski definition) is 7. The highest BCUT2D eigenvalue weighted by atomic mass is 16.7. The van der Waals surface area contributed by atoms with Gasteiger partial charge in [-0.25, -0.2) is 4.79 Å². The molecular formula is C36H52O13. The molecule has 0 bridgehead atoms. The minimum atomic E-state index is -1.57. The number of aliphatic hydroxyl groups is 7. The number of fused-ring (bicyclic) bond motifs is 5. The van der Waals surface area contributed by atoms with Crippen molar-refractivity contribution in [1.82, 2.24) is 0 Å². The van der Waals surface area contributed by atoms with Crippen molar-refractivity contribution >= 4 is 0 Å². The number of aliphatic hydroxyl groups excluding tert-OH is 5. The molecule has 1 aromatic heterocycles. The second kappa shape index (κ2) is 12.4. The van der Waals surface area contributed by atoms with Crippen molar-refractivity contribution in [3.8, 4) is 0 Å². The van der Waals surface area contributed by atoms with Crippen LogP contribution >= 0.6 is 0 Å². The van der Waals surface area contributed by atoms with Gasteiger partial charge >= 0.3 is 5.63 Å². The molecule has 0 unspecified atom stereocenters. The normalized spacial score (nSPS) is 52.9.